The molecule has 0 fully saturated rings. The van der Waals surface area contributed by atoms with Crippen LogP contribution in [0.25, 0.3) is 0 Å². The van der Waals surface area contributed by atoms with Crippen LogP contribution in [0.5, 0.6) is 0 Å². The normalized spacial score (nSPS) is 7.92. The molecule has 4 heteroatoms. The average Bonchev–Trinajstić information content (AvgIpc) is 2.22. The Balaban J connectivity index is 0.000000671. The number of benzene rings is 1. The van der Waals surface area contributed by atoms with Gasteiger partial charge in [-0.1, -0.05) is 24.8 Å². The van der Waals surface area contributed by atoms with E-state index in [4.69, 9.17) is 8.25 Å². The van der Waals surface area contributed by atoms with Crippen molar-refractivity contribution >= 4 is 19.8 Å². The molecule has 1 N–H and O–H groups in total. The second-order valence-electron chi connectivity index (χ2n) is 2.06. The fourth-order valence-electron chi connectivity index (χ4n) is 0.715. The first-order valence-electron chi connectivity index (χ1n) is 3.58. The molecule has 0 aromatic heterocycles. The molecule has 0 spiro atoms. The molecule has 0 aliphatic rings. The van der Waals surface area contributed by atoms with Crippen LogP contribution in [-0.4, -0.2) is 5.91 Å². The minimum atomic E-state index is -0.184. The molecule has 1 rings (SSSR count). The van der Waals surface area contributed by atoms with Gasteiger partial charge in [0.2, 0.25) is 5.91 Å². The molecule has 0 unspecified atom stereocenters. The summed E-state index contributed by atoms with van der Waals surface area (Å²) in [6.07, 6.45) is 1.24. The van der Waals surface area contributed by atoms with Crippen molar-refractivity contribution in [3.63, 3.8) is 0 Å². The van der Waals surface area contributed by atoms with Crippen LogP contribution in [0.15, 0.2) is 43.0 Å². The molecule has 2 nitrogen and oxygen atoms in total. The maximum absolute atomic E-state index is 10.8. The van der Waals surface area contributed by atoms with Crippen molar-refractivity contribution in [2.24, 2.45) is 0 Å². The van der Waals surface area contributed by atoms with Crippen molar-refractivity contribution in [2.75, 3.05) is 5.32 Å². The molecule has 0 radical (unpaired) electrons. The van der Waals surface area contributed by atoms with Crippen molar-refractivity contribution in [3.05, 3.63) is 43.0 Å². The molecule has 0 atom stereocenters. The van der Waals surface area contributed by atoms with Crippen molar-refractivity contribution in [2.45, 2.75) is 0 Å². The van der Waals surface area contributed by atoms with Gasteiger partial charge in [-0.3, -0.25) is 4.79 Å². The quantitative estimate of drug-likeness (QED) is 0.617. The average molecular weight is 383 g/mol. The van der Waals surface area contributed by atoms with Gasteiger partial charge in [-0.25, -0.2) is 0 Å². The Morgan fingerprint density at radius 3 is 2.38 bits per heavy atom. The Labute approximate surface area is 97.4 Å². The van der Waals surface area contributed by atoms with Crippen LogP contribution in [-0.2, 0) is 29.7 Å². The molecule has 1 aromatic rings. The molecular formula is C9H9ClHgNO. The summed E-state index contributed by atoms with van der Waals surface area (Å²) in [6, 6.07) is 9.25. The molecular weight excluding hydrogens is 374 g/mol. The van der Waals surface area contributed by atoms with E-state index in [1.165, 1.54) is 6.08 Å². The maximum atomic E-state index is 10.8. The van der Waals surface area contributed by atoms with Crippen molar-refractivity contribution in [1.29, 1.82) is 0 Å². The number of amides is 1. The number of hydrogen-bond donors (Lipinski definition) is 1. The first kappa shape index (κ1) is 12.7. The number of rotatable bonds is 2. The zero-order chi connectivity index (χ0) is 10.1. The molecule has 0 aliphatic heterocycles. The van der Waals surface area contributed by atoms with Crippen LogP contribution in [0.2, 0.25) is 0 Å². The van der Waals surface area contributed by atoms with Gasteiger partial charge in [0.1, 0.15) is 0 Å². The van der Waals surface area contributed by atoms with E-state index in [2.05, 4.69) is 11.9 Å². The third-order valence-corrected chi connectivity index (χ3v) is 1.23. The molecule has 0 heterocycles. The van der Waals surface area contributed by atoms with E-state index >= 15 is 0 Å². The van der Waals surface area contributed by atoms with Gasteiger partial charge in [0.25, 0.3) is 0 Å². The fraction of sp³-hybridized carbons (Fsp3) is 0. The minimum absolute atomic E-state index is 0.184. The predicted molar refractivity (Wildman–Crippen MR) is 51.1 cm³/mol. The third-order valence-electron chi connectivity index (χ3n) is 1.23. The monoisotopic (exact) mass is 384 g/mol. The molecule has 65 valence electrons. The summed E-state index contributed by atoms with van der Waals surface area (Å²) in [5, 5.41) is 2.63. The number of halogens is 1. The summed E-state index contributed by atoms with van der Waals surface area (Å²) in [7, 11) is 4.83. The summed E-state index contributed by atoms with van der Waals surface area (Å²) in [5.41, 5.74) is 0.789. The van der Waals surface area contributed by atoms with Gasteiger partial charge in [-0.15, -0.1) is 0 Å². The topological polar surface area (TPSA) is 29.1 Å². The van der Waals surface area contributed by atoms with Crippen molar-refractivity contribution in [1.82, 2.24) is 0 Å². The Morgan fingerprint density at radius 1 is 1.38 bits per heavy atom. The van der Waals surface area contributed by atoms with Crippen LogP contribution in [0, 0.1) is 0 Å². The van der Waals surface area contributed by atoms with Crippen molar-refractivity contribution in [3.8, 4) is 0 Å². The number of carbonyl (C=O) groups is 1. The Bertz CT molecular complexity index is 264. The van der Waals surface area contributed by atoms with Crippen LogP contribution in [0.1, 0.15) is 0 Å². The molecule has 0 aliphatic carbocycles. The van der Waals surface area contributed by atoms with E-state index in [-0.39, 0.29) is 5.91 Å². The van der Waals surface area contributed by atoms with E-state index in [0.717, 1.165) is 5.69 Å². The van der Waals surface area contributed by atoms with Crippen molar-refractivity contribution < 1.29 is 29.7 Å². The van der Waals surface area contributed by atoms with Crippen LogP contribution in [0.3, 0.4) is 0 Å². The standard InChI is InChI=1S/C9H9NO.ClH.Hg/c1-2-9(11)10-8-6-4-3-5-7-8;;/h2-7H,1H2,(H,10,11);1H;/q;;+1/p-1. The summed E-state index contributed by atoms with van der Waals surface area (Å²) >= 11 is 0.500. The summed E-state index contributed by atoms with van der Waals surface area (Å²) in [5.74, 6) is -0.184. The second kappa shape index (κ2) is 8.26. The number of para-hydroxylation sites is 1. The third kappa shape index (κ3) is 5.83. The molecule has 1 amide bonds. The van der Waals surface area contributed by atoms with Gasteiger partial charge >= 0.3 is 33.1 Å². The molecule has 1 aromatic carbocycles. The summed E-state index contributed by atoms with van der Waals surface area (Å²) < 4.78 is 0. The van der Waals surface area contributed by atoms with E-state index in [1.807, 2.05) is 30.3 Å². The Hall–Kier alpha value is -0.345. The van der Waals surface area contributed by atoms with Crippen LogP contribution in [0.4, 0.5) is 5.69 Å². The number of anilines is 1. The first-order chi connectivity index (χ1) is 6.33. The number of hydrogen-bond acceptors (Lipinski definition) is 1. The second-order valence-corrected chi connectivity index (χ2v) is 2.06. The van der Waals surface area contributed by atoms with E-state index < -0.39 is 0 Å². The van der Waals surface area contributed by atoms with Crippen LogP contribution < -0.4 is 5.32 Å². The first-order valence-corrected chi connectivity index (χ1v) is 10.3. The molecule has 0 saturated carbocycles. The molecule has 0 saturated heterocycles. The zero-order valence-electron chi connectivity index (χ0n) is 7.16. The van der Waals surface area contributed by atoms with Gasteiger partial charge in [0.15, 0.2) is 0 Å². The van der Waals surface area contributed by atoms with Gasteiger partial charge in [0, 0.05) is 5.69 Å². The van der Waals surface area contributed by atoms with E-state index in [9.17, 15) is 4.79 Å². The Morgan fingerprint density at radius 2 is 1.92 bits per heavy atom. The predicted octanol–water partition coefficient (Wildman–Crippen LogP) is 2.50. The van der Waals surface area contributed by atoms with Gasteiger partial charge in [-0.2, -0.15) is 0 Å². The van der Waals surface area contributed by atoms with E-state index in [0.29, 0.717) is 24.9 Å². The summed E-state index contributed by atoms with van der Waals surface area (Å²) in [6.45, 7) is 3.34. The Kier molecular flexibility index (Phi) is 8.04. The van der Waals surface area contributed by atoms with Crippen LogP contribution >= 0.6 is 8.25 Å². The van der Waals surface area contributed by atoms with Gasteiger partial charge < -0.3 is 5.32 Å². The zero-order valence-corrected chi connectivity index (χ0v) is 13.4. The molecule has 0 bridgehead atoms. The van der Waals surface area contributed by atoms with Gasteiger partial charge in [-0.05, 0) is 18.2 Å². The summed E-state index contributed by atoms with van der Waals surface area (Å²) in [4.78, 5) is 10.8. The number of carbonyl (C=O) groups excluding carboxylic acids is 1. The SMILES string of the molecule is C=CC(=O)Nc1ccccc1.[Cl][Hg]. The van der Waals surface area contributed by atoms with E-state index in [1.54, 1.807) is 0 Å². The number of nitrogens with one attached hydrogen (secondary N) is 1. The molecule has 13 heavy (non-hydrogen) atoms. The fourth-order valence-corrected chi connectivity index (χ4v) is 0.715. The van der Waals surface area contributed by atoms with Gasteiger partial charge in [0.05, 0.1) is 0 Å².